The fourth-order valence-electron chi connectivity index (χ4n) is 1.02. The summed E-state index contributed by atoms with van der Waals surface area (Å²) in [5, 5.41) is 0. The van der Waals surface area contributed by atoms with E-state index in [9.17, 15) is 13.2 Å². The second-order valence-electron chi connectivity index (χ2n) is 3.05. The van der Waals surface area contributed by atoms with Gasteiger partial charge in [-0.2, -0.15) is 0 Å². The Morgan fingerprint density at radius 1 is 1.47 bits per heavy atom. The van der Waals surface area contributed by atoms with Crippen molar-refractivity contribution in [1.29, 1.82) is 0 Å². The van der Waals surface area contributed by atoms with E-state index in [-0.39, 0.29) is 23.2 Å². The molecule has 2 N–H and O–H groups in total. The van der Waals surface area contributed by atoms with Gasteiger partial charge < -0.3 is 10.5 Å². The van der Waals surface area contributed by atoms with Gasteiger partial charge in [0.1, 0.15) is 12.4 Å². The van der Waals surface area contributed by atoms with Crippen LogP contribution in [0.25, 0.3) is 0 Å². The van der Waals surface area contributed by atoms with Gasteiger partial charge in [0.05, 0.1) is 11.6 Å². The molecule has 0 unspecified atom stereocenters. The molecule has 0 aliphatic rings. The van der Waals surface area contributed by atoms with E-state index in [4.69, 9.17) is 17.3 Å². The van der Waals surface area contributed by atoms with Crippen LogP contribution >= 0.6 is 11.6 Å². The average molecular weight is 267 g/mol. The zero-order valence-electron chi connectivity index (χ0n) is 8.67. The van der Waals surface area contributed by atoms with Crippen LogP contribution in [0.2, 0.25) is 0 Å². The predicted octanol–water partition coefficient (Wildman–Crippen LogP) is 2.70. The third-order valence-corrected chi connectivity index (χ3v) is 1.96. The van der Waals surface area contributed by atoms with Gasteiger partial charge in [-0.3, -0.25) is 0 Å². The molecule has 0 saturated heterocycles. The Morgan fingerprint density at radius 3 is 2.71 bits per heavy atom. The van der Waals surface area contributed by atoms with E-state index in [2.05, 4.69) is 9.73 Å². The number of nitrogens with zero attached hydrogens (tertiary/aromatic N) is 1. The van der Waals surface area contributed by atoms with Crippen LogP contribution in [0.5, 0.6) is 5.75 Å². The first-order valence-corrected chi connectivity index (χ1v) is 5.16. The first kappa shape index (κ1) is 13.6. The van der Waals surface area contributed by atoms with Crippen molar-refractivity contribution >= 4 is 23.1 Å². The molecule has 94 valence electrons. The highest BCUT2D eigenvalue weighted by molar-refractivity contribution is 6.28. The monoisotopic (exact) mass is 266 g/mol. The van der Waals surface area contributed by atoms with Crippen LogP contribution in [0.1, 0.15) is 0 Å². The lowest BCUT2D eigenvalue weighted by Gasteiger charge is -2.06. The summed E-state index contributed by atoms with van der Waals surface area (Å²) in [5.41, 5.74) is 5.60. The van der Waals surface area contributed by atoms with Crippen molar-refractivity contribution in [3.63, 3.8) is 0 Å². The lowest BCUT2D eigenvalue weighted by molar-refractivity contribution is 0.0799. The lowest BCUT2D eigenvalue weighted by atomic mass is 10.3. The summed E-state index contributed by atoms with van der Waals surface area (Å²) in [7, 11) is 0. The maximum atomic E-state index is 13.3. The van der Waals surface area contributed by atoms with Crippen molar-refractivity contribution in [3.8, 4) is 5.75 Å². The fourth-order valence-corrected chi connectivity index (χ4v) is 1.08. The normalized spacial score (nSPS) is 11.9. The molecular weight excluding hydrogens is 257 g/mol. The lowest BCUT2D eigenvalue weighted by Crippen LogP contribution is -2.12. The van der Waals surface area contributed by atoms with Gasteiger partial charge in [-0.25, -0.2) is 18.2 Å². The SMILES string of the molecule is NC(CCl)=Nc1ccc(OCC(F)F)c(F)c1. The molecule has 17 heavy (non-hydrogen) atoms. The smallest absolute Gasteiger partial charge is 0.272 e. The minimum atomic E-state index is -2.65. The quantitative estimate of drug-likeness (QED) is 0.506. The number of benzene rings is 1. The standard InChI is InChI=1S/C10H10ClF3N2O/c11-4-10(15)16-6-1-2-8(7(12)3-6)17-5-9(13)14/h1-3,9H,4-5H2,(H2,15,16). The van der Waals surface area contributed by atoms with Gasteiger partial charge in [-0.1, -0.05) is 0 Å². The molecule has 1 aromatic rings. The number of ether oxygens (including phenoxy) is 1. The van der Waals surface area contributed by atoms with Crippen LogP contribution in [0.15, 0.2) is 23.2 Å². The van der Waals surface area contributed by atoms with Crippen LogP contribution < -0.4 is 10.5 Å². The number of nitrogens with two attached hydrogens (primary N) is 1. The van der Waals surface area contributed by atoms with Crippen LogP contribution in [0.3, 0.4) is 0 Å². The summed E-state index contributed by atoms with van der Waals surface area (Å²) >= 11 is 5.40. The summed E-state index contributed by atoms with van der Waals surface area (Å²) in [5.74, 6) is -0.888. The second-order valence-corrected chi connectivity index (χ2v) is 3.32. The number of hydrogen-bond donors (Lipinski definition) is 1. The molecule has 0 aromatic heterocycles. The minimum Gasteiger partial charge on any atom is -0.485 e. The number of alkyl halides is 3. The van der Waals surface area contributed by atoms with Gasteiger partial charge in [0, 0.05) is 6.07 Å². The van der Waals surface area contributed by atoms with Gasteiger partial charge in [-0.15, -0.1) is 11.6 Å². The van der Waals surface area contributed by atoms with Crippen LogP contribution in [0.4, 0.5) is 18.9 Å². The molecule has 3 nitrogen and oxygen atoms in total. The highest BCUT2D eigenvalue weighted by Crippen LogP contribution is 2.23. The first-order chi connectivity index (χ1) is 8.02. The van der Waals surface area contributed by atoms with Crippen molar-refractivity contribution in [3.05, 3.63) is 24.0 Å². The van der Waals surface area contributed by atoms with Gasteiger partial charge in [0.15, 0.2) is 11.6 Å². The van der Waals surface area contributed by atoms with Crippen LogP contribution in [-0.4, -0.2) is 24.7 Å². The van der Waals surface area contributed by atoms with Crippen LogP contribution in [-0.2, 0) is 0 Å². The molecule has 1 aromatic carbocycles. The minimum absolute atomic E-state index is 0.0191. The molecule has 0 bridgehead atoms. The maximum absolute atomic E-state index is 13.3. The van der Waals surface area contributed by atoms with E-state index < -0.39 is 18.8 Å². The Balaban J connectivity index is 2.79. The van der Waals surface area contributed by atoms with Gasteiger partial charge in [0.25, 0.3) is 6.43 Å². The van der Waals surface area contributed by atoms with Crippen molar-refractivity contribution < 1.29 is 17.9 Å². The molecule has 0 amide bonds. The van der Waals surface area contributed by atoms with Crippen molar-refractivity contribution in [2.75, 3.05) is 12.5 Å². The zero-order valence-corrected chi connectivity index (χ0v) is 9.42. The summed E-state index contributed by atoms with van der Waals surface area (Å²) in [6.45, 7) is -0.858. The largest absolute Gasteiger partial charge is 0.485 e. The molecule has 1 rings (SSSR count). The molecule has 0 aliphatic carbocycles. The number of hydrogen-bond acceptors (Lipinski definition) is 2. The molecule has 0 aliphatic heterocycles. The van der Waals surface area contributed by atoms with Crippen molar-refractivity contribution in [1.82, 2.24) is 0 Å². The van der Waals surface area contributed by atoms with Crippen molar-refractivity contribution in [2.24, 2.45) is 10.7 Å². The number of halogens is 4. The Kier molecular flexibility index (Phi) is 5.09. The van der Waals surface area contributed by atoms with Crippen molar-refractivity contribution in [2.45, 2.75) is 6.43 Å². The highest BCUT2D eigenvalue weighted by Gasteiger charge is 2.08. The van der Waals surface area contributed by atoms with E-state index >= 15 is 0 Å². The van der Waals surface area contributed by atoms with Gasteiger partial charge in [-0.05, 0) is 12.1 Å². The topological polar surface area (TPSA) is 47.6 Å². The zero-order chi connectivity index (χ0) is 12.8. The Bertz CT molecular complexity index is 413. The van der Waals surface area contributed by atoms with E-state index in [1.54, 1.807) is 0 Å². The highest BCUT2D eigenvalue weighted by atomic mass is 35.5. The van der Waals surface area contributed by atoms with E-state index in [0.717, 1.165) is 6.07 Å². The average Bonchev–Trinajstić information content (AvgIpc) is 2.27. The van der Waals surface area contributed by atoms with Gasteiger partial charge in [0.2, 0.25) is 0 Å². The molecule has 0 saturated carbocycles. The molecule has 7 heteroatoms. The second kappa shape index (κ2) is 6.34. The molecule has 0 atom stereocenters. The number of aliphatic imine (C=N–C) groups is 1. The predicted molar refractivity (Wildman–Crippen MR) is 59.9 cm³/mol. The van der Waals surface area contributed by atoms with Gasteiger partial charge >= 0.3 is 0 Å². The Hall–Kier alpha value is -1.43. The molecule has 0 heterocycles. The van der Waals surface area contributed by atoms with Crippen LogP contribution in [0, 0.1) is 5.82 Å². The Labute approximate surface area is 101 Å². The van der Waals surface area contributed by atoms with E-state index in [0.29, 0.717) is 0 Å². The first-order valence-electron chi connectivity index (χ1n) is 4.62. The summed E-state index contributed by atoms with van der Waals surface area (Å²) < 4.78 is 41.6. The summed E-state index contributed by atoms with van der Waals surface area (Å²) in [6.07, 6.45) is -2.65. The summed E-state index contributed by atoms with van der Waals surface area (Å²) in [6, 6.07) is 3.63. The molecule has 0 spiro atoms. The Morgan fingerprint density at radius 2 is 2.18 bits per heavy atom. The number of amidine groups is 1. The van der Waals surface area contributed by atoms with E-state index in [1.807, 2.05) is 0 Å². The third kappa shape index (κ3) is 4.52. The molecular formula is C10H10ClF3N2O. The molecule has 0 fully saturated rings. The fraction of sp³-hybridized carbons (Fsp3) is 0.300. The summed E-state index contributed by atoms with van der Waals surface area (Å²) in [4.78, 5) is 3.79. The van der Waals surface area contributed by atoms with E-state index in [1.165, 1.54) is 12.1 Å². The maximum Gasteiger partial charge on any atom is 0.272 e. The molecule has 0 radical (unpaired) electrons. The number of rotatable bonds is 5. The third-order valence-electron chi connectivity index (χ3n) is 1.69.